The maximum atomic E-state index is 7.57. The number of halogens is 1. The summed E-state index contributed by atoms with van der Waals surface area (Å²) in [5.74, 6) is 0. The first-order valence-corrected chi connectivity index (χ1v) is 2.05. The molecule has 0 aromatic rings. The van der Waals surface area contributed by atoms with Gasteiger partial charge in [-0.1, -0.05) is 0 Å². The predicted molar refractivity (Wildman–Crippen MR) is 32.8 cm³/mol. The van der Waals surface area contributed by atoms with Crippen LogP contribution >= 0.6 is 12.4 Å². The third-order valence-electron chi connectivity index (χ3n) is 0. The molecule has 0 saturated carbocycles. The van der Waals surface area contributed by atoms with Crippen LogP contribution in [0.1, 0.15) is 13.8 Å². The summed E-state index contributed by atoms with van der Waals surface area (Å²) in [6, 6.07) is 0. The van der Waals surface area contributed by atoms with Gasteiger partial charge in [0.1, 0.15) is 0 Å². The number of rotatable bonds is 0. The molecular formula is C4H13ClFeO2. The minimum atomic E-state index is 0. The van der Waals surface area contributed by atoms with Gasteiger partial charge in [-0.25, -0.2) is 0 Å². The Kier molecular flexibility index (Phi) is 137. The van der Waals surface area contributed by atoms with Gasteiger partial charge in [-0.15, -0.1) is 12.4 Å². The SMILES string of the molecule is CCO.CCO.Cl.[Fe]. The molecule has 0 aliphatic heterocycles. The van der Waals surface area contributed by atoms with E-state index in [0.717, 1.165) is 0 Å². The molecule has 8 heavy (non-hydrogen) atoms. The number of hydrogen-bond donors (Lipinski definition) is 2. The van der Waals surface area contributed by atoms with Gasteiger partial charge in [-0.3, -0.25) is 0 Å². The first kappa shape index (κ1) is 23.3. The van der Waals surface area contributed by atoms with Gasteiger partial charge >= 0.3 is 0 Å². The molecule has 0 atom stereocenters. The van der Waals surface area contributed by atoms with Crippen molar-refractivity contribution in [1.29, 1.82) is 0 Å². The fourth-order valence-corrected chi connectivity index (χ4v) is 0. The summed E-state index contributed by atoms with van der Waals surface area (Å²) in [5.41, 5.74) is 0. The first-order chi connectivity index (χ1) is 2.83. The summed E-state index contributed by atoms with van der Waals surface area (Å²) in [4.78, 5) is 0. The van der Waals surface area contributed by atoms with E-state index in [4.69, 9.17) is 10.2 Å². The van der Waals surface area contributed by atoms with E-state index in [9.17, 15) is 0 Å². The summed E-state index contributed by atoms with van der Waals surface area (Å²) in [7, 11) is 0. The van der Waals surface area contributed by atoms with Crippen LogP contribution in [0.3, 0.4) is 0 Å². The van der Waals surface area contributed by atoms with Crippen molar-refractivity contribution in [1.82, 2.24) is 0 Å². The molecule has 0 radical (unpaired) electrons. The Morgan fingerprint density at radius 2 is 1.00 bits per heavy atom. The molecule has 0 amide bonds. The van der Waals surface area contributed by atoms with Crippen LogP contribution in [-0.2, 0) is 17.1 Å². The zero-order chi connectivity index (χ0) is 5.41. The minimum Gasteiger partial charge on any atom is -0.397 e. The maximum Gasteiger partial charge on any atom is 0.0402 e. The standard InChI is InChI=1S/2C2H6O.ClH.Fe/c2*1-2-3;;/h2*3H,2H2,1H3;1H;. The summed E-state index contributed by atoms with van der Waals surface area (Å²) in [6.45, 7) is 3.86. The van der Waals surface area contributed by atoms with Crippen LogP contribution < -0.4 is 0 Å². The number of aliphatic hydroxyl groups excluding tert-OH is 2. The van der Waals surface area contributed by atoms with E-state index < -0.39 is 0 Å². The number of aliphatic hydroxyl groups is 2. The van der Waals surface area contributed by atoms with Crippen molar-refractivity contribution in [3.63, 3.8) is 0 Å². The molecule has 4 heteroatoms. The molecule has 0 bridgehead atoms. The molecule has 0 heterocycles. The Balaban J connectivity index is -0.0000000160. The van der Waals surface area contributed by atoms with E-state index in [1.807, 2.05) is 0 Å². The van der Waals surface area contributed by atoms with E-state index in [0.29, 0.717) is 0 Å². The van der Waals surface area contributed by atoms with Crippen LogP contribution in [0.25, 0.3) is 0 Å². The monoisotopic (exact) mass is 184 g/mol. The molecule has 2 N–H and O–H groups in total. The molecule has 0 spiro atoms. The fourth-order valence-electron chi connectivity index (χ4n) is 0. The van der Waals surface area contributed by atoms with Gasteiger partial charge in [0.05, 0.1) is 0 Å². The molecule has 0 unspecified atom stereocenters. The second kappa shape index (κ2) is 47.0. The molecule has 2 nitrogen and oxygen atoms in total. The Morgan fingerprint density at radius 3 is 1.00 bits per heavy atom. The molecule has 0 rings (SSSR count). The van der Waals surface area contributed by atoms with Crippen LogP contribution in [0.5, 0.6) is 0 Å². The summed E-state index contributed by atoms with van der Waals surface area (Å²) < 4.78 is 0. The van der Waals surface area contributed by atoms with Gasteiger partial charge < -0.3 is 10.2 Å². The zero-order valence-corrected chi connectivity index (χ0v) is 6.99. The Bertz CT molecular complexity index is 16.0. The normalized spacial score (nSPS) is 4.50. The molecule has 0 fully saturated rings. The molecule has 56 valence electrons. The van der Waals surface area contributed by atoms with Gasteiger partial charge in [0.25, 0.3) is 0 Å². The van der Waals surface area contributed by atoms with Crippen LogP contribution in [0.15, 0.2) is 0 Å². The smallest absolute Gasteiger partial charge is 0.0402 e. The van der Waals surface area contributed by atoms with Crippen LogP contribution in [0.4, 0.5) is 0 Å². The Morgan fingerprint density at radius 1 is 1.00 bits per heavy atom. The molecule has 0 aliphatic carbocycles. The van der Waals surface area contributed by atoms with E-state index in [1.165, 1.54) is 0 Å². The molecular weight excluding hydrogens is 171 g/mol. The minimum absolute atomic E-state index is 0. The zero-order valence-electron chi connectivity index (χ0n) is 5.07. The molecule has 0 aromatic carbocycles. The third kappa shape index (κ3) is 415. The van der Waals surface area contributed by atoms with Crippen molar-refractivity contribution >= 4 is 12.4 Å². The van der Waals surface area contributed by atoms with Crippen molar-refractivity contribution in [3.05, 3.63) is 0 Å². The van der Waals surface area contributed by atoms with Crippen molar-refractivity contribution < 1.29 is 27.3 Å². The second-order valence-corrected chi connectivity index (χ2v) is 0.632. The predicted octanol–water partition coefficient (Wildman–Crippen LogP) is 0.416. The van der Waals surface area contributed by atoms with Crippen LogP contribution in [0, 0.1) is 0 Å². The maximum absolute atomic E-state index is 7.57. The van der Waals surface area contributed by atoms with Gasteiger partial charge in [0, 0.05) is 30.3 Å². The first-order valence-electron chi connectivity index (χ1n) is 2.05. The molecule has 0 aliphatic rings. The van der Waals surface area contributed by atoms with Crippen molar-refractivity contribution in [3.8, 4) is 0 Å². The summed E-state index contributed by atoms with van der Waals surface area (Å²) in [5, 5.41) is 15.1. The molecule has 0 aromatic heterocycles. The Labute approximate surface area is 67.2 Å². The van der Waals surface area contributed by atoms with E-state index in [1.54, 1.807) is 13.8 Å². The average Bonchev–Trinajstić information content (AvgIpc) is 1.39. The topological polar surface area (TPSA) is 40.5 Å². The fraction of sp³-hybridized carbons (Fsp3) is 1.00. The van der Waals surface area contributed by atoms with Crippen molar-refractivity contribution in [2.24, 2.45) is 0 Å². The van der Waals surface area contributed by atoms with Crippen LogP contribution in [-0.4, -0.2) is 23.4 Å². The second-order valence-electron chi connectivity index (χ2n) is 0.632. The van der Waals surface area contributed by atoms with E-state index >= 15 is 0 Å². The van der Waals surface area contributed by atoms with Crippen molar-refractivity contribution in [2.45, 2.75) is 13.8 Å². The van der Waals surface area contributed by atoms with Gasteiger partial charge in [0.2, 0.25) is 0 Å². The summed E-state index contributed by atoms with van der Waals surface area (Å²) >= 11 is 0. The quantitative estimate of drug-likeness (QED) is 0.536. The van der Waals surface area contributed by atoms with E-state index in [2.05, 4.69) is 0 Å². The average molecular weight is 184 g/mol. The van der Waals surface area contributed by atoms with Crippen LogP contribution in [0.2, 0.25) is 0 Å². The van der Waals surface area contributed by atoms with Gasteiger partial charge in [-0.2, -0.15) is 0 Å². The van der Waals surface area contributed by atoms with Gasteiger partial charge in [-0.05, 0) is 13.8 Å². The Hall–Kier alpha value is 0.729. The third-order valence-corrected chi connectivity index (χ3v) is 0. The van der Waals surface area contributed by atoms with E-state index in [-0.39, 0.29) is 42.7 Å². The largest absolute Gasteiger partial charge is 0.397 e. The summed E-state index contributed by atoms with van der Waals surface area (Å²) in [6.07, 6.45) is 0. The van der Waals surface area contributed by atoms with Crippen molar-refractivity contribution in [2.75, 3.05) is 13.2 Å². The van der Waals surface area contributed by atoms with Gasteiger partial charge in [0.15, 0.2) is 0 Å². The molecule has 0 saturated heterocycles. The number of hydrogen-bond acceptors (Lipinski definition) is 2.